The number of anilines is 1. The molecule has 0 saturated heterocycles. The molecule has 1 aliphatic rings. The molecule has 2 amide bonds. The predicted molar refractivity (Wildman–Crippen MR) is 167 cm³/mol. The Balaban J connectivity index is 1.06. The summed E-state index contributed by atoms with van der Waals surface area (Å²) in [6.45, 7) is 0. The summed E-state index contributed by atoms with van der Waals surface area (Å²) in [5.74, 6) is 0.257. The zero-order valence-corrected chi connectivity index (χ0v) is 25.0. The van der Waals surface area contributed by atoms with Gasteiger partial charge in [0.25, 0.3) is 5.91 Å². The summed E-state index contributed by atoms with van der Waals surface area (Å²) in [6.07, 6.45) is 4.66. The number of pyridine rings is 1. The number of halogens is 2. The number of nitrogens with zero attached hydrogens (tertiary/aromatic N) is 1. The number of aromatic nitrogens is 1. The maximum absolute atomic E-state index is 12.6. The minimum Gasteiger partial charge on any atom is -0.490 e. The third-order valence-corrected chi connectivity index (χ3v) is 7.65. The number of carboxylic acids is 1. The van der Waals surface area contributed by atoms with Crippen LogP contribution in [0, 0.1) is 0 Å². The van der Waals surface area contributed by atoms with Gasteiger partial charge in [0.15, 0.2) is 0 Å². The van der Waals surface area contributed by atoms with E-state index in [0.717, 1.165) is 37.0 Å². The lowest BCUT2D eigenvalue weighted by molar-refractivity contribution is -0.115. The molecule has 0 radical (unpaired) electrons. The minimum absolute atomic E-state index is 0.0163. The first kappa shape index (κ1) is 30.8. The molecule has 1 aliphatic carbocycles. The van der Waals surface area contributed by atoms with Gasteiger partial charge in [0.1, 0.15) is 22.4 Å². The summed E-state index contributed by atoms with van der Waals surface area (Å²) < 4.78 is 12.1. The highest BCUT2D eigenvalue weighted by molar-refractivity contribution is 6.34. The van der Waals surface area contributed by atoms with Crippen LogP contribution in [0.25, 0.3) is 0 Å². The third-order valence-electron chi connectivity index (χ3n) is 7.14. The van der Waals surface area contributed by atoms with E-state index in [1.54, 1.807) is 42.5 Å². The van der Waals surface area contributed by atoms with E-state index in [9.17, 15) is 19.5 Å². The van der Waals surface area contributed by atoms with Gasteiger partial charge in [-0.05, 0) is 85.8 Å². The molecule has 0 aliphatic heterocycles. The highest BCUT2D eigenvalue weighted by Gasteiger charge is 2.25. The average Bonchev–Trinajstić information content (AvgIpc) is 3.01. The molecule has 0 bridgehead atoms. The zero-order chi connectivity index (χ0) is 31.1. The highest BCUT2D eigenvalue weighted by atomic mass is 35.5. The van der Waals surface area contributed by atoms with Crippen LogP contribution in [0.15, 0.2) is 85.1 Å². The lowest BCUT2D eigenvalue weighted by Gasteiger charge is -2.29. The van der Waals surface area contributed by atoms with Gasteiger partial charge in [0, 0.05) is 12.2 Å². The number of carboxylic acid groups (broad SMARTS) is 1. The Kier molecular flexibility index (Phi) is 9.99. The van der Waals surface area contributed by atoms with Crippen LogP contribution in [-0.4, -0.2) is 40.0 Å². The van der Waals surface area contributed by atoms with Gasteiger partial charge in [-0.15, -0.1) is 0 Å². The van der Waals surface area contributed by atoms with Crippen LogP contribution in [0.3, 0.4) is 0 Å². The number of carbonyl (C=O) groups excluding carboxylic acids is 2. The van der Waals surface area contributed by atoms with Crippen molar-refractivity contribution >= 4 is 46.7 Å². The largest absolute Gasteiger partial charge is 0.490 e. The number of nitrogens with one attached hydrogen (secondary N) is 2. The summed E-state index contributed by atoms with van der Waals surface area (Å²) in [4.78, 5) is 40.4. The monoisotopic (exact) mass is 633 g/mol. The molecule has 1 heterocycles. The van der Waals surface area contributed by atoms with E-state index in [0.29, 0.717) is 16.5 Å². The number of hydrogen-bond donors (Lipinski definition) is 3. The fourth-order valence-electron chi connectivity index (χ4n) is 4.92. The summed E-state index contributed by atoms with van der Waals surface area (Å²) in [6, 6.07) is 22.3. The molecule has 3 aromatic carbocycles. The van der Waals surface area contributed by atoms with E-state index < -0.39 is 5.97 Å². The van der Waals surface area contributed by atoms with Crippen molar-refractivity contribution in [3.05, 3.63) is 112 Å². The predicted octanol–water partition coefficient (Wildman–Crippen LogP) is 7.18. The van der Waals surface area contributed by atoms with Crippen molar-refractivity contribution in [2.24, 2.45) is 0 Å². The Hall–Kier alpha value is -4.60. The number of carbonyl (C=O) groups is 3. The van der Waals surface area contributed by atoms with Gasteiger partial charge in [0.2, 0.25) is 5.91 Å². The molecule has 9 nitrogen and oxygen atoms in total. The lowest BCUT2D eigenvalue weighted by atomic mass is 9.92. The fraction of sp³-hybridized carbons (Fsp3) is 0.212. The molecule has 1 fully saturated rings. The Morgan fingerprint density at radius 2 is 1.48 bits per heavy atom. The Labute approximate surface area is 264 Å². The topological polar surface area (TPSA) is 127 Å². The molecule has 0 atom stereocenters. The third kappa shape index (κ3) is 8.27. The Bertz CT molecular complexity index is 1640. The van der Waals surface area contributed by atoms with Crippen molar-refractivity contribution in [3.8, 4) is 17.2 Å². The molecule has 4 aromatic rings. The molecule has 11 heteroatoms. The molecule has 0 unspecified atom stereocenters. The molecular weight excluding hydrogens is 605 g/mol. The van der Waals surface area contributed by atoms with Crippen molar-refractivity contribution in [2.75, 3.05) is 5.32 Å². The van der Waals surface area contributed by atoms with Crippen LogP contribution in [-0.2, 0) is 11.2 Å². The number of amides is 2. The minimum atomic E-state index is -1.10. The van der Waals surface area contributed by atoms with E-state index >= 15 is 0 Å². The first-order chi connectivity index (χ1) is 21.2. The molecule has 3 N–H and O–H groups in total. The van der Waals surface area contributed by atoms with Crippen LogP contribution in [0.5, 0.6) is 17.2 Å². The number of benzene rings is 3. The number of hydrogen-bond acceptors (Lipinski definition) is 6. The zero-order valence-electron chi connectivity index (χ0n) is 23.5. The van der Waals surface area contributed by atoms with Gasteiger partial charge in [0.05, 0.1) is 34.4 Å². The van der Waals surface area contributed by atoms with E-state index in [1.807, 2.05) is 24.3 Å². The van der Waals surface area contributed by atoms with Gasteiger partial charge in [-0.3, -0.25) is 9.59 Å². The van der Waals surface area contributed by atoms with Gasteiger partial charge >= 0.3 is 5.97 Å². The first-order valence-corrected chi connectivity index (χ1v) is 14.8. The van der Waals surface area contributed by atoms with Crippen LogP contribution in [0.4, 0.5) is 5.69 Å². The molecule has 44 heavy (non-hydrogen) atoms. The van der Waals surface area contributed by atoms with E-state index in [2.05, 4.69) is 15.6 Å². The smallest absolute Gasteiger partial charge is 0.337 e. The van der Waals surface area contributed by atoms with Crippen LogP contribution >= 0.6 is 23.2 Å². The normalized spacial score (nSPS) is 16.0. The van der Waals surface area contributed by atoms with Crippen molar-refractivity contribution in [1.29, 1.82) is 0 Å². The maximum atomic E-state index is 12.6. The lowest BCUT2D eigenvalue weighted by Crippen LogP contribution is -2.39. The Morgan fingerprint density at radius 3 is 2.16 bits per heavy atom. The number of aromatic carboxylic acids is 1. The molecule has 1 saturated carbocycles. The second-order valence-electron chi connectivity index (χ2n) is 10.3. The molecule has 5 rings (SSSR count). The first-order valence-electron chi connectivity index (χ1n) is 14.0. The van der Waals surface area contributed by atoms with Crippen molar-refractivity contribution in [3.63, 3.8) is 0 Å². The van der Waals surface area contributed by atoms with Gasteiger partial charge in [-0.1, -0.05) is 47.5 Å². The van der Waals surface area contributed by atoms with Gasteiger partial charge in [-0.25, -0.2) is 9.78 Å². The van der Waals surface area contributed by atoms with Crippen molar-refractivity contribution < 1.29 is 29.0 Å². The van der Waals surface area contributed by atoms with Gasteiger partial charge in [-0.2, -0.15) is 0 Å². The number of para-hydroxylation sites is 1. The Morgan fingerprint density at radius 1 is 0.841 bits per heavy atom. The molecular formula is C33H29Cl2N3O6. The van der Waals surface area contributed by atoms with E-state index in [-0.39, 0.29) is 52.3 Å². The van der Waals surface area contributed by atoms with Crippen LogP contribution in [0.2, 0.25) is 10.2 Å². The summed E-state index contributed by atoms with van der Waals surface area (Å²) >= 11 is 12.0. The van der Waals surface area contributed by atoms with Crippen LogP contribution < -0.4 is 20.1 Å². The summed E-state index contributed by atoms with van der Waals surface area (Å²) in [5, 5.41) is 15.4. The van der Waals surface area contributed by atoms with Gasteiger partial charge < -0.3 is 25.2 Å². The quantitative estimate of drug-likeness (QED) is 0.158. The van der Waals surface area contributed by atoms with E-state index in [1.165, 1.54) is 18.3 Å². The SMILES string of the molecule is O=C(Cc1ccc(Oc2ccc(OC3CCC(NC(=O)c4cc(Cl)cnc4Cl)CC3)cc2)cc1)Nc1ccccc1C(=O)O. The van der Waals surface area contributed by atoms with Crippen molar-refractivity contribution in [1.82, 2.24) is 10.3 Å². The molecule has 1 aromatic heterocycles. The molecule has 226 valence electrons. The van der Waals surface area contributed by atoms with E-state index in [4.69, 9.17) is 32.7 Å². The second-order valence-corrected chi connectivity index (χ2v) is 11.1. The van der Waals surface area contributed by atoms with Crippen molar-refractivity contribution in [2.45, 2.75) is 44.2 Å². The maximum Gasteiger partial charge on any atom is 0.337 e. The summed E-state index contributed by atoms with van der Waals surface area (Å²) in [5.41, 5.74) is 1.31. The average molecular weight is 635 g/mol. The number of ether oxygens (including phenoxy) is 2. The highest BCUT2D eigenvalue weighted by Crippen LogP contribution is 2.28. The molecule has 0 spiro atoms. The fourth-order valence-corrected chi connectivity index (χ4v) is 5.27. The summed E-state index contributed by atoms with van der Waals surface area (Å²) in [7, 11) is 0. The second kappa shape index (κ2) is 14.2. The standard InChI is InChI=1S/C33H29Cl2N3O6/c34-21-18-28(31(35)36-19-21)32(40)37-22-7-11-24(12-8-22)44-26-15-13-25(14-16-26)43-23-9-5-20(6-10-23)17-30(39)38-29-4-2-1-3-27(29)33(41)42/h1-6,9-10,13-16,18-19,22,24H,7-8,11-12,17H2,(H,37,40)(H,38,39)(H,41,42). The number of rotatable bonds is 10. The van der Waals surface area contributed by atoms with Crippen LogP contribution in [0.1, 0.15) is 52.0 Å².